The van der Waals surface area contributed by atoms with E-state index in [1.54, 1.807) is 12.3 Å². The van der Waals surface area contributed by atoms with Gasteiger partial charge in [-0.1, -0.05) is 0 Å². The van der Waals surface area contributed by atoms with E-state index in [1.807, 2.05) is 9.80 Å². The molecule has 3 aromatic rings. The Bertz CT molecular complexity index is 1010. The fourth-order valence-corrected chi connectivity index (χ4v) is 3.21. The maximum Gasteiger partial charge on any atom is 0.416 e. The lowest BCUT2D eigenvalue weighted by molar-refractivity contribution is -0.383. The summed E-state index contributed by atoms with van der Waals surface area (Å²) < 4.78 is 39.4. The summed E-state index contributed by atoms with van der Waals surface area (Å²) in [5.41, 5.74) is 0.0650. The van der Waals surface area contributed by atoms with E-state index in [0.717, 1.165) is 24.0 Å². The van der Waals surface area contributed by atoms with Crippen molar-refractivity contribution in [3.05, 3.63) is 58.4 Å². The predicted octanol–water partition coefficient (Wildman–Crippen LogP) is 2.98. The molecule has 0 atom stereocenters. The third kappa shape index (κ3) is 3.30. The maximum absolute atomic E-state index is 12.7. The van der Waals surface area contributed by atoms with E-state index in [1.165, 1.54) is 16.6 Å². The number of benzene rings is 1. The summed E-state index contributed by atoms with van der Waals surface area (Å²) in [6.07, 6.45) is -1.57. The molecule has 1 aliphatic heterocycles. The Morgan fingerprint density at radius 1 is 1.00 bits per heavy atom. The molecular weight excluding hydrogens is 377 g/mol. The summed E-state index contributed by atoms with van der Waals surface area (Å²) in [6, 6.07) is 6.83. The second kappa shape index (κ2) is 6.66. The Morgan fingerprint density at radius 3 is 2.25 bits per heavy atom. The van der Waals surface area contributed by atoms with E-state index >= 15 is 0 Å². The zero-order chi connectivity index (χ0) is 19.9. The van der Waals surface area contributed by atoms with E-state index in [-0.39, 0.29) is 11.3 Å². The van der Waals surface area contributed by atoms with Gasteiger partial charge in [0.25, 0.3) is 0 Å². The fraction of sp³-hybridized carbons (Fsp3) is 0.294. The molecule has 0 spiro atoms. The minimum atomic E-state index is -4.35. The Hall–Kier alpha value is -3.37. The van der Waals surface area contributed by atoms with Gasteiger partial charge in [0.1, 0.15) is 12.0 Å². The Morgan fingerprint density at radius 2 is 1.64 bits per heavy atom. The number of alkyl halides is 3. The number of rotatable bonds is 3. The van der Waals surface area contributed by atoms with Crippen LogP contribution in [0.2, 0.25) is 0 Å². The molecule has 0 aliphatic carbocycles. The van der Waals surface area contributed by atoms with Crippen LogP contribution in [0.1, 0.15) is 5.56 Å². The van der Waals surface area contributed by atoms with Crippen LogP contribution in [0.5, 0.6) is 0 Å². The quantitative estimate of drug-likeness (QED) is 0.504. The lowest BCUT2D eigenvalue weighted by Crippen LogP contribution is -2.46. The Kier molecular flexibility index (Phi) is 4.28. The first kappa shape index (κ1) is 18.0. The van der Waals surface area contributed by atoms with Gasteiger partial charge in [0, 0.05) is 38.1 Å². The summed E-state index contributed by atoms with van der Waals surface area (Å²) in [5.74, 6) is 0.600. The van der Waals surface area contributed by atoms with Crippen LogP contribution in [-0.4, -0.2) is 45.7 Å². The van der Waals surface area contributed by atoms with Crippen LogP contribution in [0, 0.1) is 10.1 Å². The average Bonchev–Trinajstić information content (AvgIpc) is 3.11. The number of nitro groups is 1. The molecule has 0 unspecified atom stereocenters. The molecule has 28 heavy (non-hydrogen) atoms. The van der Waals surface area contributed by atoms with E-state index in [2.05, 4.69) is 10.1 Å². The molecule has 146 valence electrons. The van der Waals surface area contributed by atoms with Crippen molar-refractivity contribution in [2.24, 2.45) is 0 Å². The number of anilines is 2. The normalized spacial score (nSPS) is 15.2. The maximum atomic E-state index is 12.7. The lowest BCUT2D eigenvalue weighted by atomic mass is 10.1. The molecule has 11 heteroatoms. The van der Waals surface area contributed by atoms with Crippen LogP contribution in [0.15, 0.2) is 42.7 Å². The average molecular weight is 392 g/mol. The van der Waals surface area contributed by atoms with Gasteiger partial charge in [-0.25, -0.2) is 9.50 Å². The highest BCUT2D eigenvalue weighted by molar-refractivity contribution is 5.61. The summed E-state index contributed by atoms with van der Waals surface area (Å²) in [4.78, 5) is 18.9. The van der Waals surface area contributed by atoms with E-state index < -0.39 is 16.7 Å². The van der Waals surface area contributed by atoms with Gasteiger partial charge in [-0.3, -0.25) is 10.1 Å². The molecule has 8 nitrogen and oxygen atoms in total. The van der Waals surface area contributed by atoms with Gasteiger partial charge < -0.3 is 9.80 Å². The van der Waals surface area contributed by atoms with Gasteiger partial charge in [0.05, 0.1) is 10.5 Å². The van der Waals surface area contributed by atoms with Crippen LogP contribution in [0.4, 0.5) is 30.4 Å². The molecule has 2 aromatic heterocycles. The number of hydrogen-bond acceptors (Lipinski definition) is 6. The molecule has 0 N–H and O–H groups in total. The zero-order valence-corrected chi connectivity index (χ0v) is 14.5. The number of hydrogen-bond donors (Lipinski definition) is 0. The Balaban J connectivity index is 1.47. The molecule has 1 aliphatic rings. The van der Waals surface area contributed by atoms with Gasteiger partial charge >= 0.3 is 11.9 Å². The number of aromatic nitrogens is 3. The number of piperazine rings is 1. The van der Waals surface area contributed by atoms with E-state index in [0.29, 0.717) is 32.0 Å². The summed E-state index contributed by atoms with van der Waals surface area (Å²) >= 11 is 0. The van der Waals surface area contributed by atoms with Crippen molar-refractivity contribution in [2.45, 2.75) is 6.18 Å². The van der Waals surface area contributed by atoms with Crippen LogP contribution < -0.4 is 9.80 Å². The van der Waals surface area contributed by atoms with Crippen LogP contribution in [-0.2, 0) is 6.18 Å². The second-order valence-electron chi connectivity index (χ2n) is 6.36. The van der Waals surface area contributed by atoms with Crippen LogP contribution in [0.25, 0.3) is 5.65 Å². The van der Waals surface area contributed by atoms with Crippen molar-refractivity contribution in [1.82, 2.24) is 14.6 Å². The van der Waals surface area contributed by atoms with Crippen molar-refractivity contribution in [3.8, 4) is 0 Å². The van der Waals surface area contributed by atoms with Crippen molar-refractivity contribution in [2.75, 3.05) is 36.0 Å². The predicted molar refractivity (Wildman–Crippen MR) is 95.5 cm³/mol. The summed E-state index contributed by atoms with van der Waals surface area (Å²) in [5, 5.41) is 15.0. The topological polar surface area (TPSA) is 79.8 Å². The highest BCUT2D eigenvalue weighted by Gasteiger charge is 2.30. The Labute approximate surface area is 157 Å². The number of halogens is 3. The first-order chi connectivity index (χ1) is 13.3. The summed E-state index contributed by atoms with van der Waals surface area (Å²) in [7, 11) is 0. The molecule has 4 rings (SSSR count). The third-order valence-corrected chi connectivity index (χ3v) is 4.70. The number of fused-ring (bicyclic) bond motifs is 1. The van der Waals surface area contributed by atoms with Gasteiger partial charge in [0.15, 0.2) is 0 Å². The fourth-order valence-electron chi connectivity index (χ4n) is 3.21. The van der Waals surface area contributed by atoms with E-state index in [4.69, 9.17) is 0 Å². The van der Waals surface area contributed by atoms with Gasteiger partial charge in [-0.15, -0.1) is 0 Å². The van der Waals surface area contributed by atoms with Gasteiger partial charge in [-0.05, 0) is 30.3 Å². The highest BCUT2D eigenvalue weighted by Crippen LogP contribution is 2.31. The molecule has 1 fully saturated rings. The standard InChI is InChI=1S/C17H15F3N6O2/c18-17(19,20)12-1-3-13(4-2-12)23-7-9-24(10-8-23)15-5-6-25-16(22-15)14(11-21-25)26(27)28/h1-6,11H,7-10H2. The highest BCUT2D eigenvalue weighted by atomic mass is 19.4. The van der Waals surface area contributed by atoms with E-state index in [9.17, 15) is 23.3 Å². The molecule has 3 heterocycles. The van der Waals surface area contributed by atoms with Crippen molar-refractivity contribution >= 4 is 22.8 Å². The monoisotopic (exact) mass is 392 g/mol. The first-order valence-corrected chi connectivity index (χ1v) is 8.49. The number of nitrogens with zero attached hydrogens (tertiary/aromatic N) is 6. The lowest BCUT2D eigenvalue weighted by Gasteiger charge is -2.36. The SMILES string of the molecule is O=[N+]([O-])c1cnn2ccc(N3CCN(c4ccc(C(F)(F)F)cc4)CC3)nc12. The molecule has 0 radical (unpaired) electrons. The summed E-state index contributed by atoms with van der Waals surface area (Å²) in [6.45, 7) is 2.37. The molecule has 0 bridgehead atoms. The van der Waals surface area contributed by atoms with Gasteiger partial charge in [-0.2, -0.15) is 18.3 Å². The van der Waals surface area contributed by atoms with Crippen molar-refractivity contribution in [1.29, 1.82) is 0 Å². The molecule has 0 saturated carbocycles. The van der Waals surface area contributed by atoms with Gasteiger partial charge in [0.2, 0.25) is 5.65 Å². The van der Waals surface area contributed by atoms with Crippen molar-refractivity contribution in [3.63, 3.8) is 0 Å². The molecule has 0 amide bonds. The third-order valence-electron chi connectivity index (χ3n) is 4.70. The second-order valence-corrected chi connectivity index (χ2v) is 6.36. The molecule has 1 aromatic carbocycles. The first-order valence-electron chi connectivity index (χ1n) is 8.49. The minimum Gasteiger partial charge on any atom is -0.368 e. The zero-order valence-electron chi connectivity index (χ0n) is 14.5. The molecule has 1 saturated heterocycles. The van der Waals surface area contributed by atoms with Crippen LogP contribution in [0.3, 0.4) is 0 Å². The smallest absolute Gasteiger partial charge is 0.368 e. The molecular formula is C17H15F3N6O2. The largest absolute Gasteiger partial charge is 0.416 e. The minimum absolute atomic E-state index is 0.162. The van der Waals surface area contributed by atoms with Crippen molar-refractivity contribution < 1.29 is 18.1 Å². The van der Waals surface area contributed by atoms with Crippen LogP contribution >= 0.6 is 0 Å².